The van der Waals surface area contributed by atoms with E-state index in [1.54, 1.807) is 0 Å². The molecule has 1 aliphatic heterocycles. The molecule has 0 aliphatic carbocycles. The molecule has 1 heterocycles. The molecule has 0 radical (unpaired) electrons. The number of carbonyl (C=O) groups is 1. The SMILES string of the molecule is O=C1S[C@@H](CCl)[C@@H](c2ccc(Cl)cc2)N1Cc1ccccc1. The van der Waals surface area contributed by atoms with Crippen LogP contribution in [0.4, 0.5) is 4.79 Å². The highest BCUT2D eigenvalue weighted by atomic mass is 35.5. The molecular weight excluding hydrogens is 337 g/mol. The van der Waals surface area contributed by atoms with Gasteiger partial charge in [-0.2, -0.15) is 0 Å². The molecule has 0 saturated carbocycles. The molecule has 3 rings (SSSR count). The average Bonchev–Trinajstić information content (AvgIpc) is 2.85. The number of nitrogens with zero attached hydrogens (tertiary/aromatic N) is 1. The van der Waals surface area contributed by atoms with E-state index in [0.29, 0.717) is 17.4 Å². The van der Waals surface area contributed by atoms with Crippen LogP contribution in [0.2, 0.25) is 5.02 Å². The third kappa shape index (κ3) is 3.27. The fourth-order valence-electron chi connectivity index (χ4n) is 2.69. The fraction of sp³-hybridized carbons (Fsp3) is 0.235. The Morgan fingerprint density at radius 3 is 2.36 bits per heavy atom. The number of halogens is 2. The lowest BCUT2D eigenvalue weighted by atomic mass is 10.0. The van der Waals surface area contributed by atoms with Gasteiger partial charge in [-0.3, -0.25) is 4.79 Å². The summed E-state index contributed by atoms with van der Waals surface area (Å²) in [7, 11) is 0. The van der Waals surface area contributed by atoms with Crippen LogP contribution in [0.15, 0.2) is 54.6 Å². The monoisotopic (exact) mass is 351 g/mol. The minimum Gasteiger partial charge on any atom is -0.321 e. The zero-order valence-electron chi connectivity index (χ0n) is 11.8. The van der Waals surface area contributed by atoms with Crippen molar-refractivity contribution < 1.29 is 4.79 Å². The zero-order valence-corrected chi connectivity index (χ0v) is 14.1. The Bertz CT molecular complexity index is 647. The van der Waals surface area contributed by atoms with Crippen molar-refractivity contribution in [3.8, 4) is 0 Å². The maximum Gasteiger partial charge on any atom is 0.282 e. The van der Waals surface area contributed by atoms with Gasteiger partial charge in [-0.25, -0.2) is 0 Å². The topological polar surface area (TPSA) is 20.3 Å². The minimum absolute atomic E-state index is 0.0209. The van der Waals surface area contributed by atoms with Gasteiger partial charge >= 0.3 is 0 Å². The lowest BCUT2D eigenvalue weighted by molar-refractivity contribution is 0.203. The van der Waals surface area contributed by atoms with Crippen molar-refractivity contribution in [1.82, 2.24) is 4.90 Å². The standard InChI is InChI=1S/C17H15Cl2NOS/c18-10-15-16(13-6-8-14(19)9-7-13)20(17(21)22-15)11-12-4-2-1-3-5-12/h1-9,15-16H,10-11H2/t15-,16+/m0/s1. The van der Waals surface area contributed by atoms with E-state index in [2.05, 4.69) is 0 Å². The number of thioether (sulfide) groups is 1. The molecule has 2 aromatic rings. The molecule has 114 valence electrons. The van der Waals surface area contributed by atoms with Crippen LogP contribution in [-0.4, -0.2) is 21.3 Å². The normalized spacial score (nSPS) is 21.4. The van der Waals surface area contributed by atoms with Crippen LogP contribution in [0.25, 0.3) is 0 Å². The molecule has 2 nitrogen and oxygen atoms in total. The van der Waals surface area contributed by atoms with Gasteiger partial charge < -0.3 is 4.90 Å². The average molecular weight is 352 g/mol. The van der Waals surface area contributed by atoms with E-state index in [1.807, 2.05) is 59.5 Å². The summed E-state index contributed by atoms with van der Waals surface area (Å²) in [5.74, 6) is 0.439. The molecule has 1 fully saturated rings. The van der Waals surface area contributed by atoms with Crippen molar-refractivity contribution in [2.24, 2.45) is 0 Å². The van der Waals surface area contributed by atoms with Gasteiger partial charge in [0.2, 0.25) is 0 Å². The predicted octanol–water partition coefficient (Wildman–Crippen LogP) is 5.36. The predicted molar refractivity (Wildman–Crippen MR) is 93.7 cm³/mol. The second kappa shape index (κ2) is 6.95. The summed E-state index contributed by atoms with van der Waals surface area (Å²) >= 11 is 13.4. The van der Waals surface area contributed by atoms with Crippen LogP contribution in [-0.2, 0) is 6.54 Å². The summed E-state index contributed by atoms with van der Waals surface area (Å²) in [5.41, 5.74) is 2.19. The molecule has 0 unspecified atom stereocenters. The smallest absolute Gasteiger partial charge is 0.282 e. The van der Waals surface area contributed by atoms with Crippen LogP contribution in [0.1, 0.15) is 17.2 Å². The minimum atomic E-state index is -0.0209. The van der Waals surface area contributed by atoms with Crippen LogP contribution in [0.5, 0.6) is 0 Å². The van der Waals surface area contributed by atoms with Crippen molar-refractivity contribution in [3.63, 3.8) is 0 Å². The Balaban J connectivity index is 1.91. The Morgan fingerprint density at radius 2 is 1.73 bits per heavy atom. The summed E-state index contributed by atoms with van der Waals surface area (Å²) in [6, 6.07) is 17.7. The summed E-state index contributed by atoms with van der Waals surface area (Å²) in [4.78, 5) is 14.3. The van der Waals surface area contributed by atoms with Gasteiger partial charge in [0.1, 0.15) is 0 Å². The number of benzene rings is 2. The third-order valence-corrected chi connectivity index (χ3v) is 5.66. The molecule has 1 saturated heterocycles. The number of hydrogen-bond donors (Lipinski definition) is 0. The number of carbonyl (C=O) groups excluding carboxylic acids is 1. The molecule has 22 heavy (non-hydrogen) atoms. The molecule has 5 heteroatoms. The van der Waals surface area contributed by atoms with Crippen LogP contribution in [0.3, 0.4) is 0 Å². The van der Waals surface area contributed by atoms with E-state index in [-0.39, 0.29) is 16.5 Å². The molecular formula is C17H15Cl2NOS. The van der Waals surface area contributed by atoms with Crippen LogP contribution in [0, 0.1) is 0 Å². The maximum atomic E-state index is 12.4. The van der Waals surface area contributed by atoms with Gasteiger partial charge in [0.05, 0.1) is 11.3 Å². The van der Waals surface area contributed by atoms with Crippen molar-refractivity contribution in [1.29, 1.82) is 0 Å². The second-order valence-corrected chi connectivity index (χ2v) is 7.12. The van der Waals surface area contributed by atoms with Gasteiger partial charge in [-0.1, -0.05) is 65.8 Å². The maximum absolute atomic E-state index is 12.4. The fourth-order valence-corrected chi connectivity index (χ4v) is 4.24. The summed E-state index contributed by atoms with van der Waals surface area (Å²) in [6.45, 7) is 0.591. The quantitative estimate of drug-likeness (QED) is 0.691. The van der Waals surface area contributed by atoms with E-state index >= 15 is 0 Å². The molecule has 1 aliphatic rings. The van der Waals surface area contributed by atoms with Gasteiger partial charge in [-0.15, -0.1) is 11.6 Å². The number of rotatable bonds is 4. The zero-order chi connectivity index (χ0) is 15.5. The number of amides is 1. The van der Waals surface area contributed by atoms with E-state index in [9.17, 15) is 4.79 Å². The molecule has 0 spiro atoms. The van der Waals surface area contributed by atoms with Crippen molar-refractivity contribution in [2.45, 2.75) is 17.8 Å². The lowest BCUT2D eigenvalue weighted by Gasteiger charge is -2.27. The summed E-state index contributed by atoms with van der Waals surface area (Å²) in [6.07, 6.45) is 0. The largest absolute Gasteiger partial charge is 0.321 e. The van der Waals surface area contributed by atoms with Gasteiger partial charge in [-0.05, 0) is 23.3 Å². The molecule has 0 aromatic heterocycles. The molecule has 1 amide bonds. The van der Waals surface area contributed by atoms with Crippen LogP contribution < -0.4 is 0 Å². The first kappa shape index (κ1) is 15.7. The number of alkyl halides is 1. The Kier molecular flexibility index (Phi) is 4.97. The summed E-state index contributed by atoms with van der Waals surface area (Å²) < 4.78 is 0. The third-order valence-electron chi connectivity index (χ3n) is 3.73. The van der Waals surface area contributed by atoms with Crippen molar-refractivity contribution >= 4 is 40.2 Å². The first-order valence-electron chi connectivity index (χ1n) is 7.01. The van der Waals surface area contributed by atoms with Gasteiger partial charge in [0, 0.05) is 17.4 Å². The molecule has 0 N–H and O–H groups in total. The second-order valence-electron chi connectivity index (χ2n) is 5.19. The van der Waals surface area contributed by atoms with E-state index in [4.69, 9.17) is 23.2 Å². The van der Waals surface area contributed by atoms with Gasteiger partial charge in [0.25, 0.3) is 5.24 Å². The first-order valence-corrected chi connectivity index (χ1v) is 8.81. The highest BCUT2D eigenvalue weighted by Gasteiger charge is 2.40. The Hall–Kier alpha value is -1.16. The lowest BCUT2D eigenvalue weighted by Crippen LogP contribution is -2.29. The van der Waals surface area contributed by atoms with E-state index < -0.39 is 0 Å². The van der Waals surface area contributed by atoms with Crippen molar-refractivity contribution in [3.05, 3.63) is 70.7 Å². The van der Waals surface area contributed by atoms with Crippen molar-refractivity contribution in [2.75, 3.05) is 5.88 Å². The van der Waals surface area contributed by atoms with Crippen LogP contribution >= 0.6 is 35.0 Å². The first-order chi connectivity index (χ1) is 10.7. The van der Waals surface area contributed by atoms with Gasteiger partial charge in [0.15, 0.2) is 0 Å². The molecule has 0 bridgehead atoms. The molecule has 2 atom stereocenters. The van der Waals surface area contributed by atoms with E-state index in [0.717, 1.165) is 11.1 Å². The Morgan fingerprint density at radius 1 is 1.05 bits per heavy atom. The summed E-state index contributed by atoms with van der Waals surface area (Å²) in [5, 5.41) is 0.825. The van der Waals surface area contributed by atoms with E-state index in [1.165, 1.54) is 11.8 Å². The Labute approximate surface area is 144 Å². The molecule has 2 aromatic carbocycles. The highest BCUT2D eigenvalue weighted by Crippen LogP contribution is 2.43. The number of hydrogen-bond acceptors (Lipinski definition) is 2. The highest BCUT2D eigenvalue weighted by molar-refractivity contribution is 8.14.